The molecule has 0 aliphatic heterocycles. The summed E-state index contributed by atoms with van der Waals surface area (Å²) in [7, 11) is 0. The zero-order chi connectivity index (χ0) is 37.5. The minimum absolute atomic E-state index is 0.265. The van der Waals surface area contributed by atoms with Crippen LogP contribution >= 0.6 is 0 Å². The second-order valence-electron chi connectivity index (χ2n) is 9.82. The molecule has 9 N–H and O–H groups in total. The number of amides is 2. The van der Waals surface area contributed by atoms with E-state index < -0.39 is 36.8 Å². The van der Waals surface area contributed by atoms with Crippen LogP contribution in [0.25, 0.3) is 0 Å². The van der Waals surface area contributed by atoms with Crippen LogP contribution in [-0.4, -0.2) is 63.9 Å². The highest BCUT2D eigenvalue weighted by Crippen LogP contribution is 2.23. The average Bonchev–Trinajstić information content (AvgIpc) is 3.51. The number of nitrogens with two attached hydrogens (primary N) is 3. The molecule has 1 aliphatic carbocycles. The number of carbonyl (C=O) groups is 5. The Morgan fingerprint density at radius 1 is 0.673 bits per heavy atom. The number of aryl methyl sites for hydroxylation is 2. The Bertz CT molecular complexity index is 1590. The second-order valence-corrected chi connectivity index (χ2v) is 9.82. The number of halogens is 6. The van der Waals surface area contributed by atoms with Crippen LogP contribution in [0.2, 0.25) is 0 Å². The van der Waals surface area contributed by atoms with Crippen LogP contribution in [0.4, 0.5) is 32.0 Å². The van der Waals surface area contributed by atoms with Gasteiger partial charge < -0.3 is 32.5 Å². The lowest BCUT2D eigenvalue weighted by atomic mass is 10.1. The third-order valence-electron chi connectivity index (χ3n) is 6.37. The molecule has 0 saturated carbocycles. The number of carboxylic acid groups (broad SMARTS) is 3. The molecule has 49 heavy (non-hydrogen) atoms. The molecule has 0 saturated heterocycles. The van der Waals surface area contributed by atoms with Crippen molar-refractivity contribution >= 4 is 35.4 Å². The highest BCUT2D eigenvalue weighted by atomic mass is 19.4. The maximum atomic E-state index is 12.6. The van der Waals surface area contributed by atoms with Crippen LogP contribution in [0.3, 0.4) is 0 Å². The van der Waals surface area contributed by atoms with Gasteiger partial charge in [0.25, 0.3) is 5.91 Å². The lowest BCUT2D eigenvalue weighted by Crippen LogP contribution is -2.35. The Balaban J connectivity index is 0.000000382. The van der Waals surface area contributed by atoms with E-state index in [1.807, 2.05) is 18.2 Å². The zero-order valence-corrected chi connectivity index (χ0v) is 25.4. The van der Waals surface area contributed by atoms with E-state index in [0.717, 1.165) is 24.0 Å². The lowest BCUT2D eigenvalue weighted by Gasteiger charge is -2.22. The van der Waals surface area contributed by atoms with E-state index >= 15 is 0 Å². The van der Waals surface area contributed by atoms with Gasteiger partial charge in [0.05, 0.1) is 0 Å². The number of fused-ring (bicyclic) bond motifs is 1. The first-order chi connectivity index (χ1) is 22.7. The summed E-state index contributed by atoms with van der Waals surface area (Å²) < 4.78 is 63.5. The zero-order valence-electron chi connectivity index (χ0n) is 25.4. The molecule has 266 valence electrons. The highest BCUT2D eigenvalue weighted by Gasteiger charge is 2.38. The molecule has 18 heteroatoms. The van der Waals surface area contributed by atoms with E-state index in [-0.39, 0.29) is 18.4 Å². The van der Waals surface area contributed by atoms with E-state index in [1.165, 1.54) is 22.4 Å². The molecule has 4 rings (SSSR count). The van der Waals surface area contributed by atoms with E-state index in [0.29, 0.717) is 23.4 Å². The molecule has 0 atom stereocenters. The molecule has 12 nitrogen and oxygen atoms in total. The Hall–Kier alpha value is -5.49. The van der Waals surface area contributed by atoms with Crippen molar-refractivity contribution in [2.45, 2.75) is 44.7 Å². The quantitative estimate of drug-likeness (QED) is 0.195. The molecule has 3 aromatic rings. The summed E-state index contributed by atoms with van der Waals surface area (Å²) in [6, 6.07) is 19.5. The van der Waals surface area contributed by atoms with Gasteiger partial charge in [-0.3, -0.25) is 19.3 Å². The van der Waals surface area contributed by atoms with Crippen molar-refractivity contribution in [2.75, 3.05) is 11.4 Å². The second kappa shape index (κ2) is 18.7. The Kier molecular flexibility index (Phi) is 15.9. The van der Waals surface area contributed by atoms with Crippen molar-refractivity contribution < 1.29 is 65.6 Å². The third kappa shape index (κ3) is 14.0. The van der Waals surface area contributed by atoms with Gasteiger partial charge in [0.15, 0.2) is 0 Å². The molecule has 0 bridgehead atoms. The SMILES string of the molecule is NC(=O)c1ccc2c(c1)CCC2.NCc1ccc(N(CC(=O)O)C(=O)c2ccccc2)cc1CN.O=C(O)C(F)(F)F.O=C(O)C(F)(F)F. The number of hydrogen-bond donors (Lipinski definition) is 6. The highest BCUT2D eigenvalue weighted by molar-refractivity contribution is 6.08. The van der Waals surface area contributed by atoms with Gasteiger partial charge in [0.1, 0.15) is 6.54 Å². The van der Waals surface area contributed by atoms with Crippen molar-refractivity contribution in [3.8, 4) is 0 Å². The van der Waals surface area contributed by atoms with Crippen molar-refractivity contribution in [1.29, 1.82) is 0 Å². The van der Waals surface area contributed by atoms with Gasteiger partial charge in [-0.25, -0.2) is 9.59 Å². The predicted octanol–water partition coefficient (Wildman–Crippen LogP) is 3.88. The number of carbonyl (C=O) groups excluding carboxylic acids is 2. The summed E-state index contributed by atoms with van der Waals surface area (Å²) in [6.45, 7) is 0.166. The molecule has 0 spiro atoms. The smallest absolute Gasteiger partial charge is 0.480 e. The van der Waals surface area contributed by atoms with Crippen LogP contribution in [0.15, 0.2) is 66.7 Å². The Morgan fingerprint density at radius 2 is 1.18 bits per heavy atom. The van der Waals surface area contributed by atoms with Crippen molar-refractivity contribution in [3.63, 3.8) is 0 Å². The number of alkyl halides is 6. The number of primary amides is 1. The molecule has 1 aliphatic rings. The van der Waals surface area contributed by atoms with E-state index in [1.54, 1.807) is 48.5 Å². The number of anilines is 1. The van der Waals surface area contributed by atoms with Crippen molar-refractivity contribution in [3.05, 3.63) is 100 Å². The van der Waals surface area contributed by atoms with Crippen LogP contribution < -0.4 is 22.1 Å². The van der Waals surface area contributed by atoms with Crippen molar-refractivity contribution in [1.82, 2.24) is 0 Å². The largest absolute Gasteiger partial charge is 0.490 e. The standard InChI is InChI=1S/C17H19N3O3.C10H11NO.2C2HF3O2/c18-9-13-6-7-15(8-14(13)10-19)20(11-16(21)22)17(23)12-4-2-1-3-5-12;11-10(12)9-5-4-7-2-1-3-8(7)6-9;2*3-2(4,5)1(6)7/h1-8H,9-11,18-19H2,(H,21,22);4-6H,1-3H2,(H2,11,12);2*(H,6,7). The number of nitrogens with zero attached hydrogens (tertiary/aromatic N) is 1. The molecule has 0 aromatic heterocycles. The van der Waals surface area contributed by atoms with Gasteiger partial charge in [0, 0.05) is 29.9 Å². The first-order valence-electron chi connectivity index (χ1n) is 13.8. The van der Waals surface area contributed by atoms with Crippen molar-refractivity contribution in [2.24, 2.45) is 17.2 Å². The van der Waals surface area contributed by atoms with Gasteiger partial charge in [-0.05, 0) is 77.9 Å². The van der Waals surface area contributed by atoms with Crippen LogP contribution in [0, 0.1) is 0 Å². The molecular weight excluding hydrogens is 670 g/mol. The maximum Gasteiger partial charge on any atom is 0.490 e. The topological polar surface area (TPSA) is 227 Å². The van der Waals surface area contributed by atoms with E-state index in [9.17, 15) is 40.7 Å². The minimum atomic E-state index is -5.08. The number of hydrogen-bond acceptors (Lipinski definition) is 7. The third-order valence-corrected chi connectivity index (χ3v) is 6.37. The monoisotopic (exact) mass is 702 g/mol. The van der Waals surface area contributed by atoms with E-state index in [2.05, 4.69) is 0 Å². The molecular formula is C31H32F6N4O8. The molecule has 0 radical (unpaired) electrons. The number of benzene rings is 3. The average molecular weight is 703 g/mol. The summed E-state index contributed by atoms with van der Waals surface area (Å²) in [5.41, 5.74) is 22.4. The van der Waals surface area contributed by atoms with Gasteiger partial charge >= 0.3 is 30.3 Å². The maximum absolute atomic E-state index is 12.6. The molecule has 2 amide bonds. The number of rotatable bonds is 7. The first-order valence-corrected chi connectivity index (χ1v) is 13.8. The van der Waals surface area contributed by atoms with Crippen LogP contribution in [0.5, 0.6) is 0 Å². The fraction of sp³-hybridized carbons (Fsp3) is 0.258. The van der Waals surface area contributed by atoms with Gasteiger partial charge in [-0.15, -0.1) is 0 Å². The summed E-state index contributed by atoms with van der Waals surface area (Å²) in [6.07, 6.45) is -6.72. The molecule has 0 fully saturated rings. The lowest BCUT2D eigenvalue weighted by molar-refractivity contribution is -0.193. The summed E-state index contributed by atoms with van der Waals surface area (Å²) >= 11 is 0. The van der Waals surface area contributed by atoms with E-state index in [4.69, 9.17) is 42.1 Å². The fourth-order valence-corrected chi connectivity index (χ4v) is 4.05. The van der Waals surface area contributed by atoms with Crippen LogP contribution in [0.1, 0.15) is 49.4 Å². The van der Waals surface area contributed by atoms with Gasteiger partial charge in [-0.1, -0.05) is 30.3 Å². The first kappa shape index (κ1) is 41.5. The predicted molar refractivity (Wildman–Crippen MR) is 162 cm³/mol. The summed E-state index contributed by atoms with van der Waals surface area (Å²) in [4.78, 5) is 53.6. The fourth-order valence-electron chi connectivity index (χ4n) is 4.05. The summed E-state index contributed by atoms with van der Waals surface area (Å²) in [5, 5.41) is 23.4. The normalized spacial score (nSPS) is 11.6. The summed E-state index contributed by atoms with van der Waals surface area (Å²) in [5.74, 6) is -7.31. The van der Waals surface area contributed by atoms with Gasteiger partial charge in [-0.2, -0.15) is 26.3 Å². The number of aliphatic carboxylic acids is 3. The number of carboxylic acids is 3. The van der Waals surface area contributed by atoms with Gasteiger partial charge in [0.2, 0.25) is 5.91 Å². The minimum Gasteiger partial charge on any atom is -0.480 e. The Morgan fingerprint density at radius 3 is 1.63 bits per heavy atom. The molecule has 3 aromatic carbocycles. The molecule has 0 heterocycles. The molecule has 0 unspecified atom stereocenters. The Labute approximate surface area is 274 Å². The van der Waals surface area contributed by atoms with Crippen LogP contribution in [-0.2, 0) is 40.3 Å².